The molecular weight excluding hydrogens is 252 g/mol. The zero-order valence-corrected chi connectivity index (χ0v) is 12.3. The standard InChI is InChI=1S/C16H24N2O2/c1-11-4-3-7-16(9-11,10-17)18-15(20)14-6-5-13(19)8-12(14)2/h5-6,8,11,19H,3-4,7,9-10,17H2,1-2H3,(H,18,20). The van der Waals surface area contributed by atoms with E-state index < -0.39 is 0 Å². The molecule has 1 aliphatic carbocycles. The van der Waals surface area contributed by atoms with Gasteiger partial charge < -0.3 is 16.2 Å². The van der Waals surface area contributed by atoms with Crippen molar-refractivity contribution in [2.45, 2.75) is 45.1 Å². The van der Waals surface area contributed by atoms with Gasteiger partial charge in [-0.15, -0.1) is 0 Å². The fourth-order valence-electron chi connectivity index (χ4n) is 3.22. The Morgan fingerprint density at radius 3 is 2.90 bits per heavy atom. The van der Waals surface area contributed by atoms with E-state index in [0.717, 1.165) is 24.8 Å². The monoisotopic (exact) mass is 276 g/mol. The second-order valence-electron chi connectivity index (χ2n) is 6.14. The predicted octanol–water partition coefficient (Wildman–Crippen LogP) is 2.34. The number of hydrogen-bond acceptors (Lipinski definition) is 3. The Bertz CT molecular complexity index is 501. The normalized spacial score (nSPS) is 26.2. The number of phenols is 1. The van der Waals surface area contributed by atoms with Gasteiger partial charge in [-0.05, 0) is 49.4 Å². The van der Waals surface area contributed by atoms with Crippen LogP contribution in [-0.2, 0) is 0 Å². The fourth-order valence-corrected chi connectivity index (χ4v) is 3.22. The van der Waals surface area contributed by atoms with Crippen molar-refractivity contribution < 1.29 is 9.90 Å². The minimum Gasteiger partial charge on any atom is -0.508 e. The maximum Gasteiger partial charge on any atom is 0.252 e. The number of carbonyl (C=O) groups excluding carboxylic acids is 1. The van der Waals surface area contributed by atoms with Gasteiger partial charge in [0.2, 0.25) is 0 Å². The van der Waals surface area contributed by atoms with Crippen LogP contribution in [0.2, 0.25) is 0 Å². The molecule has 1 fully saturated rings. The van der Waals surface area contributed by atoms with Crippen LogP contribution in [0.3, 0.4) is 0 Å². The third-order valence-corrected chi connectivity index (χ3v) is 4.32. The first-order valence-corrected chi connectivity index (χ1v) is 7.28. The lowest BCUT2D eigenvalue weighted by Gasteiger charge is -2.40. The summed E-state index contributed by atoms with van der Waals surface area (Å²) >= 11 is 0. The molecule has 1 saturated carbocycles. The predicted molar refractivity (Wildman–Crippen MR) is 79.7 cm³/mol. The van der Waals surface area contributed by atoms with Crippen LogP contribution in [0, 0.1) is 12.8 Å². The van der Waals surface area contributed by atoms with Gasteiger partial charge in [-0.2, -0.15) is 0 Å². The molecule has 1 aromatic rings. The summed E-state index contributed by atoms with van der Waals surface area (Å²) in [6.07, 6.45) is 4.19. The molecule has 1 amide bonds. The first kappa shape index (κ1) is 14.9. The zero-order valence-electron chi connectivity index (χ0n) is 12.3. The van der Waals surface area contributed by atoms with E-state index in [1.165, 1.54) is 6.42 Å². The van der Waals surface area contributed by atoms with Gasteiger partial charge in [-0.1, -0.05) is 19.8 Å². The van der Waals surface area contributed by atoms with E-state index in [1.807, 2.05) is 6.92 Å². The molecular formula is C16H24N2O2. The minimum atomic E-state index is -0.279. The van der Waals surface area contributed by atoms with Crippen LogP contribution in [-0.4, -0.2) is 23.1 Å². The Kier molecular flexibility index (Phi) is 4.33. The number of aromatic hydroxyl groups is 1. The molecule has 0 radical (unpaired) electrons. The van der Waals surface area contributed by atoms with Crippen LogP contribution >= 0.6 is 0 Å². The average molecular weight is 276 g/mol. The van der Waals surface area contributed by atoms with Crippen molar-refractivity contribution in [3.8, 4) is 5.75 Å². The van der Waals surface area contributed by atoms with Crippen molar-refractivity contribution in [1.29, 1.82) is 0 Å². The van der Waals surface area contributed by atoms with E-state index in [-0.39, 0.29) is 17.2 Å². The summed E-state index contributed by atoms with van der Waals surface area (Å²) in [5, 5.41) is 12.6. The van der Waals surface area contributed by atoms with E-state index in [9.17, 15) is 9.90 Å². The first-order chi connectivity index (χ1) is 9.46. The van der Waals surface area contributed by atoms with Crippen LogP contribution in [0.4, 0.5) is 0 Å². The molecule has 0 aliphatic heterocycles. The van der Waals surface area contributed by atoms with Gasteiger partial charge >= 0.3 is 0 Å². The summed E-state index contributed by atoms with van der Waals surface area (Å²) in [5.74, 6) is 0.675. The molecule has 0 spiro atoms. The van der Waals surface area contributed by atoms with Crippen molar-refractivity contribution in [2.24, 2.45) is 11.7 Å². The molecule has 4 heteroatoms. The third-order valence-electron chi connectivity index (χ3n) is 4.32. The molecule has 0 bridgehead atoms. The Balaban J connectivity index is 2.16. The van der Waals surface area contributed by atoms with Gasteiger partial charge in [-0.3, -0.25) is 4.79 Å². The van der Waals surface area contributed by atoms with Gasteiger partial charge in [-0.25, -0.2) is 0 Å². The van der Waals surface area contributed by atoms with Gasteiger partial charge in [0.25, 0.3) is 5.91 Å². The molecule has 1 aliphatic rings. The second-order valence-corrected chi connectivity index (χ2v) is 6.14. The van der Waals surface area contributed by atoms with Crippen LogP contribution in [0.1, 0.15) is 48.5 Å². The van der Waals surface area contributed by atoms with E-state index in [1.54, 1.807) is 18.2 Å². The number of amides is 1. The highest BCUT2D eigenvalue weighted by atomic mass is 16.3. The van der Waals surface area contributed by atoms with E-state index in [0.29, 0.717) is 18.0 Å². The maximum absolute atomic E-state index is 12.5. The summed E-state index contributed by atoms with van der Waals surface area (Å²) in [7, 11) is 0. The molecule has 20 heavy (non-hydrogen) atoms. The lowest BCUT2D eigenvalue weighted by molar-refractivity contribution is 0.0853. The number of aryl methyl sites for hydroxylation is 1. The summed E-state index contributed by atoms with van der Waals surface area (Å²) in [4.78, 5) is 12.5. The number of benzene rings is 1. The molecule has 0 aromatic heterocycles. The third kappa shape index (κ3) is 3.12. The number of nitrogens with two attached hydrogens (primary N) is 1. The molecule has 4 N–H and O–H groups in total. The Morgan fingerprint density at radius 1 is 1.55 bits per heavy atom. The minimum absolute atomic E-state index is 0.0953. The zero-order chi connectivity index (χ0) is 14.8. The van der Waals surface area contributed by atoms with Crippen LogP contribution < -0.4 is 11.1 Å². The number of rotatable bonds is 3. The Labute approximate surface area is 120 Å². The summed E-state index contributed by atoms with van der Waals surface area (Å²) in [5.41, 5.74) is 7.04. The molecule has 2 atom stereocenters. The average Bonchev–Trinajstić information content (AvgIpc) is 2.38. The van der Waals surface area contributed by atoms with Crippen LogP contribution in [0.15, 0.2) is 18.2 Å². The van der Waals surface area contributed by atoms with Gasteiger partial charge in [0, 0.05) is 12.1 Å². The topological polar surface area (TPSA) is 75.3 Å². The quantitative estimate of drug-likeness (QED) is 0.793. The Morgan fingerprint density at radius 2 is 2.30 bits per heavy atom. The number of hydrogen-bond donors (Lipinski definition) is 3. The molecule has 110 valence electrons. The maximum atomic E-state index is 12.5. The van der Waals surface area contributed by atoms with Gasteiger partial charge in [0.15, 0.2) is 0 Å². The second kappa shape index (κ2) is 5.83. The highest BCUT2D eigenvalue weighted by Gasteiger charge is 2.35. The Hall–Kier alpha value is -1.55. The van der Waals surface area contributed by atoms with E-state index in [2.05, 4.69) is 12.2 Å². The van der Waals surface area contributed by atoms with E-state index in [4.69, 9.17) is 5.73 Å². The molecule has 0 heterocycles. The number of nitrogens with one attached hydrogen (secondary N) is 1. The SMILES string of the molecule is Cc1cc(O)ccc1C(=O)NC1(CN)CCCC(C)C1. The molecule has 2 unspecified atom stereocenters. The number of carbonyl (C=O) groups is 1. The lowest BCUT2D eigenvalue weighted by atomic mass is 9.76. The molecule has 4 nitrogen and oxygen atoms in total. The molecule has 1 aromatic carbocycles. The summed E-state index contributed by atoms with van der Waals surface area (Å²) < 4.78 is 0. The van der Waals surface area contributed by atoms with Gasteiger partial charge in [0.05, 0.1) is 5.54 Å². The van der Waals surface area contributed by atoms with Crippen LogP contribution in [0.25, 0.3) is 0 Å². The summed E-state index contributed by atoms with van der Waals surface area (Å²) in [6, 6.07) is 4.81. The summed E-state index contributed by atoms with van der Waals surface area (Å²) in [6.45, 7) is 4.51. The number of phenolic OH excluding ortho intramolecular Hbond substituents is 1. The van der Waals surface area contributed by atoms with Gasteiger partial charge in [0.1, 0.15) is 5.75 Å². The van der Waals surface area contributed by atoms with Crippen molar-refractivity contribution in [3.05, 3.63) is 29.3 Å². The van der Waals surface area contributed by atoms with E-state index >= 15 is 0 Å². The van der Waals surface area contributed by atoms with Crippen molar-refractivity contribution in [1.82, 2.24) is 5.32 Å². The van der Waals surface area contributed by atoms with Crippen molar-refractivity contribution in [3.63, 3.8) is 0 Å². The first-order valence-electron chi connectivity index (χ1n) is 7.28. The lowest BCUT2D eigenvalue weighted by Crippen LogP contribution is -2.56. The highest BCUT2D eigenvalue weighted by molar-refractivity contribution is 5.96. The molecule has 2 rings (SSSR count). The highest BCUT2D eigenvalue weighted by Crippen LogP contribution is 2.32. The van der Waals surface area contributed by atoms with Crippen molar-refractivity contribution in [2.75, 3.05) is 6.54 Å². The van der Waals surface area contributed by atoms with Crippen molar-refractivity contribution >= 4 is 5.91 Å². The smallest absolute Gasteiger partial charge is 0.252 e. The molecule has 0 saturated heterocycles. The largest absolute Gasteiger partial charge is 0.508 e. The fraction of sp³-hybridized carbons (Fsp3) is 0.562. The van der Waals surface area contributed by atoms with Crippen LogP contribution in [0.5, 0.6) is 5.75 Å².